The van der Waals surface area contributed by atoms with Gasteiger partial charge >= 0.3 is 0 Å². The lowest BCUT2D eigenvalue weighted by Gasteiger charge is -2.32. The van der Waals surface area contributed by atoms with E-state index in [0.29, 0.717) is 29.4 Å². The molecule has 0 bridgehead atoms. The van der Waals surface area contributed by atoms with Crippen LogP contribution >= 0.6 is 11.6 Å². The first-order chi connectivity index (χ1) is 19.6. The standard InChI is InChI=1S/C31H38ClN3O5S/c1-4-18-33-31(37)29(21-24-11-6-5-7-12-24)34(23-25-13-8-14-26(32)20-25)30(36)17-10-19-35(41(3,38)39)27-15-9-16-28(22-27)40-2/h5-9,11-16,20,22,29H,4,10,17-19,21,23H2,1-3H3,(H,33,37). The lowest BCUT2D eigenvalue weighted by atomic mass is 10.0. The van der Waals surface area contributed by atoms with E-state index in [2.05, 4.69) is 5.32 Å². The number of carbonyl (C=O) groups excluding carboxylic acids is 2. The summed E-state index contributed by atoms with van der Waals surface area (Å²) in [5.74, 6) is 0.0404. The van der Waals surface area contributed by atoms with E-state index in [9.17, 15) is 18.0 Å². The second kappa shape index (κ2) is 15.4. The molecule has 1 atom stereocenters. The molecule has 0 fully saturated rings. The minimum atomic E-state index is -3.62. The van der Waals surface area contributed by atoms with E-state index in [-0.39, 0.29) is 37.7 Å². The van der Waals surface area contributed by atoms with E-state index < -0.39 is 16.1 Å². The number of hydrogen-bond acceptors (Lipinski definition) is 5. The number of halogens is 1. The third kappa shape index (κ3) is 9.79. The smallest absolute Gasteiger partial charge is 0.243 e. The fourth-order valence-electron chi connectivity index (χ4n) is 4.52. The Balaban J connectivity index is 1.87. The molecular weight excluding hydrogens is 562 g/mol. The number of rotatable bonds is 15. The molecule has 41 heavy (non-hydrogen) atoms. The van der Waals surface area contributed by atoms with Gasteiger partial charge in [0, 0.05) is 43.6 Å². The van der Waals surface area contributed by atoms with Gasteiger partial charge in [0.15, 0.2) is 0 Å². The number of ether oxygens (including phenoxy) is 1. The zero-order valence-electron chi connectivity index (χ0n) is 23.8. The number of anilines is 1. The van der Waals surface area contributed by atoms with E-state index >= 15 is 0 Å². The molecule has 0 aliphatic rings. The third-order valence-corrected chi connectivity index (χ3v) is 7.98. The summed E-state index contributed by atoms with van der Waals surface area (Å²) < 4.78 is 31.8. The predicted molar refractivity (Wildman–Crippen MR) is 164 cm³/mol. The number of hydrogen-bond donors (Lipinski definition) is 1. The molecule has 0 saturated heterocycles. The minimum absolute atomic E-state index is 0.0445. The molecule has 0 radical (unpaired) electrons. The van der Waals surface area contributed by atoms with Crippen LogP contribution in [-0.4, -0.2) is 57.6 Å². The molecule has 3 aromatic carbocycles. The fraction of sp³-hybridized carbons (Fsp3) is 0.355. The largest absolute Gasteiger partial charge is 0.497 e. The van der Waals surface area contributed by atoms with E-state index in [1.807, 2.05) is 49.4 Å². The molecule has 3 aromatic rings. The highest BCUT2D eigenvalue weighted by atomic mass is 35.5. The van der Waals surface area contributed by atoms with Crippen molar-refractivity contribution in [1.82, 2.24) is 10.2 Å². The lowest BCUT2D eigenvalue weighted by Crippen LogP contribution is -2.50. The highest BCUT2D eigenvalue weighted by Gasteiger charge is 2.30. The number of methoxy groups -OCH3 is 1. The Kier molecular flexibility index (Phi) is 12.0. The van der Waals surface area contributed by atoms with Crippen molar-refractivity contribution in [2.24, 2.45) is 0 Å². The van der Waals surface area contributed by atoms with Crippen molar-refractivity contribution in [2.45, 2.75) is 45.2 Å². The van der Waals surface area contributed by atoms with Crippen molar-refractivity contribution in [3.8, 4) is 5.75 Å². The maximum atomic E-state index is 13.8. The van der Waals surface area contributed by atoms with Crippen molar-refractivity contribution in [3.05, 3.63) is 95.0 Å². The van der Waals surface area contributed by atoms with E-state index in [1.165, 1.54) is 11.4 Å². The molecule has 8 nitrogen and oxygen atoms in total. The van der Waals surface area contributed by atoms with Crippen LogP contribution in [0.5, 0.6) is 5.75 Å². The molecule has 1 unspecified atom stereocenters. The Labute approximate surface area is 248 Å². The van der Waals surface area contributed by atoms with E-state index in [1.54, 1.807) is 41.3 Å². The fourth-order valence-corrected chi connectivity index (χ4v) is 5.69. The minimum Gasteiger partial charge on any atom is -0.497 e. The van der Waals surface area contributed by atoms with Gasteiger partial charge in [0.05, 0.1) is 19.1 Å². The van der Waals surface area contributed by atoms with Gasteiger partial charge in [-0.15, -0.1) is 0 Å². The maximum absolute atomic E-state index is 13.8. The summed E-state index contributed by atoms with van der Waals surface area (Å²) in [5.41, 5.74) is 2.17. The molecule has 1 N–H and O–H groups in total. The normalized spacial score (nSPS) is 11.9. The van der Waals surface area contributed by atoms with Gasteiger partial charge in [-0.2, -0.15) is 0 Å². The Morgan fingerprint density at radius 2 is 1.68 bits per heavy atom. The third-order valence-electron chi connectivity index (χ3n) is 6.56. The first-order valence-corrected chi connectivity index (χ1v) is 15.8. The molecule has 0 aromatic heterocycles. The van der Waals surface area contributed by atoms with Gasteiger partial charge < -0.3 is 15.0 Å². The summed E-state index contributed by atoms with van der Waals surface area (Å²) >= 11 is 6.24. The zero-order valence-corrected chi connectivity index (χ0v) is 25.3. The topological polar surface area (TPSA) is 96.0 Å². The molecule has 0 heterocycles. The number of benzene rings is 3. The first kappa shape index (κ1) is 32.0. The molecule has 0 saturated carbocycles. The number of amides is 2. The molecule has 2 amide bonds. The van der Waals surface area contributed by atoms with Crippen LogP contribution in [-0.2, 0) is 32.6 Å². The van der Waals surface area contributed by atoms with Crippen LogP contribution in [0.2, 0.25) is 5.02 Å². The molecule has 3 rings (SSSR count). The van der Waals surface area contributed by atoms with Crippen LogP contribution < -0.4 is 14.4 Å². The van der Waals surface area contributed by atoms with Crippen LogP contribution in [0, 0.1) is 0 Å². The lowest BCUT2D eigenvalue weighted by molar-refractivity contribution is -0.141. The highest BCUT2D eigenvalue weighted by Crippen LogP contribution is 2.24. The van der Waals surface area contributed by atoms with Gasteiger partial charge in [0.25, 0.3) is 0 Å². The van der Waals surface area contributed by atoms with Crippen molar-refractivity contribution in [2.75, 3.05) is 30.8 Å². The number of nitrogens with one attached hydrogen (secondary N) is 1. The molecular formula is C31H38ClN3O5S. The number of nitrogens with zero attached hydrogens (tertiary/aromatic N) is 2. The molecule has 0 aliphatic carbocycles. The Hall–Kier alpha value is -3.56. The van der Waals surface area contributed by atoms with Gasteiger partial charge in [-0.25, -0.2) is 8.42 Å². The Morgan fingerprint density at radius 1 is 0.976 bits per heavy atom. The Bertz CT molecular complexity index is 1400. The summed E-state index contributed by atoms with van der Waals surface area (Å²) in [6.07, 6.45) is 2.53. The van der Waals surface area contributed by atoms with Crippen LogP contribution in [0.15, 0.2) is 78.9 Å². The van der Waals surface area contributed by atoms with Crippen LogP contribution in [0.1, 0.15) is 37.3 Å². The molecule has 220 valence electrons. The van der Waals surface area contributed by atoms with E-state index in [4.69, 9.17) is 16.3 Å². The molecule has 0 aliphatic heterocycles. The van der Waals surface area contributed by atoms with Crippen molar-refractivity contribution < 1.29 is 22.7 Å². The second-order valence-electron chi connectivity index (χ2n) is 9.79. The quantitative estimate of drug-likeness (QED) is 0.263. The monoisotopic (exact) mass is 599 g/mol. The summed E-state index contributed by atoms with van der Waals surface area (Å²) in [6, 6.07) is 22.8. The average Bonchev–Trinajstić information content (AvgIpc) is 2.95. The highest BCUT2D eigenvalue weighted by molar-refractivity contribution is 7.92. The van der Waals surface area contributed by atoms with Crippen LogP contribution in [0.3, 0.4) is 0 Å². The predicted octanol–water partition coefficient (Wildman–Crippen LogP) is 5.06. The summed E-state index contributed by atoms with van der Waals surface area (Å²) in [4.78, 5) is 28.9. The molecule has 10 heteroatoms. The summed E-state index contributed by atoms with van der Waals surface area (Å²) in [5, 5.41) is 3.49. The molecule has 0 spiro atoms. The number of sulfonamides is 1. The second-order valence-corrected chi connectivity index (χ2v) is 12.1. The Morgan fingerprint density at radius 3 is 2.34 bits per heavy atom. The maximum Gasteiger partial charge on any atom is 0.243 e. The van der Waals surface area contributed by atoms with Gasteiger partial charge in [-0.3, -0.25) is 13.9 Å². The summed E-state index contributed by atoms with van der Waals surface area (Å²) in [7, 11) is -2.11. The van der Waals surface area contributed by atoms with Crippen molar-refractivity contribution in [1.29, 1.82) is 0 Å². The van der Waals surface area contributed by atoms with Gasteiger partial charge in [-0.05, 0) is 48.2 Å². The van der Waals surface area contributed by atoms with E-state index in [0.717, 1.165) is 23.8 Å². The summed E-state index contributed by atoms with van der Waals surface area (Å²) in [6.45, 7) is 2.74. The van der Waals surface area contributed by atoms with Crippen LogP contribution in [0.25, 0.3) is 0 Å². The van der Waals surface area contributed by atoms with Crippen LogP contribution in [0.4, 0.5) is 5.69 Å². The van der Waals surface area contributed by atoms with Crippen molar-refractivity contribution in [3.63, 3.8) is 0 Å². The number of carbonyl (C=O) groups is 2. The van der Waals surface area contributed by atoms with Gasteiger partial charge in [0.2, 0.25) is 21.8 Å². The average molecular weight is 600 g/mol. The zero-order chi connectivity index (χ0) is 29.8. The van der Waals surface area contributed by atoms with Gasteiger partial charge in [-0.1, -0.05) is 67.1 Å². The van der Waals surface area contributed by atoms with Crippen molar-refractivity contribution >= 4 is 39.1 Å². The van der Waals surface area contributed by atoms with Gasteiger partial charge in [0.1, 0.15) is 11.8 Å². The SMILES string of the molecule is CCCNC(=O)C(Cc1ccccc1)N(Cc1cccc(Cl)c1)C(=O)CCCN(c1cccc(OC)c1)S(C)(=O)=O. The first-order valence-electron chi connectivity index (χ1n) is 13.6.